The van der Waals surface area contributed by atoms with Crippen LogP contribution in [0.15, 0.2) is 54.6 Å². The van der Waals surface area contributed by atoms with Gasteiger partial charge in [-0.1, -0.05) is 48.5 Å². The third-order valence-electron chi connectivity index (χ3n) is 4.08. The van der Waals surface area contributed by atoms with Gasteiger partial charge in [-0.25, -0.2) is 9.59 Å². The van der Waals surface area contributed by atoms with E-state index < -0.39 is 18.1 Å². The zero-order chi connectivity index (χ0) is 20.4. The number of benzene rings is 2. The van der Waals surface area contributed by atoms with Crippen molar-refractivity contribution in [3.8, 4) is 5.75 Å². The van der Waals surface area contributed by atoms with Crippen LogP contribution in [0, 0.1) is 0 Å². The first-order valence-corrected chi connectivity index (χ1v) is 8.76. The van der Waals surface area contributed by atoms with Gasteiger partial charge >= 0.3 is 12.1 Å². The van der Waals surface area contributed by atoms with Crippen LogP contribution in [0.3, 0.4) is 0 Å². The number of para-hydroxylation sites is 1. The van der Waals surface area contributed by atoms with Gasteiger partial charge in [-0.2, -0.15) is 0 Å². The number of nitrogens with one attached hydrogen (secondary N) is 1. The van der Waals surface area contributed by atoms with Gasteiger partial charge in [0.05, 0.1) is 14.2 Å². The first kappa shape index (κ1) is 21.0. The Kier molecular flexibility index (Phi) is 8.02. The predicted molar refractivity (Wildman–Crippen MR) is 102 cm³/mol. The number of methoxy groups -OCH3 is 2. The zero-order valence-electron chi connectivity index (χ0n) is 15.8. The van der Waals surface area contributed by atoms with E-state index >= 15 is 0 Å². The van der Waals surface area contributed by atoms with Gasteiger partial charge in [0.25, 0.3) is 0 Å². The van der Waals surface area contributed by atoms with Crippen LogP contribution in [0.2, 0.25) is 0 Å². The minimum absolute atomic E-state index is 0.0211. The van der Waals surface area contributed by atoms with Crippen LogP contribution in [0.5, 0.6) is 5.75 Å². The Balaban J connectivity index is 1.91. The van der Waals surface area contributed by atoms with Gasteiger partial charge in [-0.15, -0.1) is 0 Å². The van der Waals surface area contributed by atoms with Crippen molar-refractivity contribution in [1.29, 1.82) is 0 Å². The second-order valence-corrected chi connectivity index (χ2v) is 5.94. The lowest BCUT2D eigenvalue weighted by atomic mass is 10.0. The molecule has 0 aromatic heterocycles. The summed E-state index contributed by atoms with van der Waals surface area (Å²) < 4.78 is 15.1. The van der Waals surface area contributed by atoms with Crippen molar-refractivity contribution >= 4 is 17.8 Å². The lowest BCUT2D eigenvalue weighted by molar-refractivity contribution is -0.143. The molecule has 0 spiro atoms. The third kappa shape index (κ3) is 6.12. The quantitative estimate of drug-likeness (QED) is 0.527. The van der Waals surface area contributed by atoms with Gasteiger partial charge in [-0.3, -0.25) is 4.79 Å². The number of ketones is 1. The predicted octanol–water partition coefficient (Wildman–Crippen LogP) is 3.13. The Hall–Kier alpha value is -3.35. The Morgan fingerprint density at radius 3 is 2.32 bits per heavy atom. The molecule has 1 unspecified atom stereocenters. The summed E-state index contributed by atoms with van der Waals surface area (Å²) in [6.45, 7) is -0.0211. The van der Waals surface area contributed by atoms with Crippen LogP contribution in [0.1, 0.15) is 28.8 Å². The number of carbonyl (C=O) groups is 3. The SMILES string of the molecule is COC(=O)C(CCC(=O)c1ccccc1)NC(=O)OCc1ccccc1OC. The molecule has 0 bridgehead atoms. The standard InChI is InChI=1S/C21H23NO6/c1-26-19-11-7-6-10-16(19)14-28-21(25)22-17(20(24)27-2)12-13-18(23)15-8-4-3-5-9-15/h3-11,17H,12-14H2,1-2H3,(H,22,25). The Labute approximate surface area is 163 Å². The molecule has 148 valence electrons. The largest absolute Gasteiger partial charge is 0.496 e. The number of rotatable bonds is 9. The summed E-state index contributed by atoms with van der Waals surface area (Å²) in [5, 5.41) is 2.45. The summed E-state index contributed by atoms with van der Waals surface area (Å²) in [5.41, 5.74) is 1.24. The second-order valence-electron chi connectivity index (χ2n) is 5.94. The summed E-state index contributed by atoms with van der Waals surface area (Å²) in [6, 6.07) is 14.9. The fraction of sp³-hybridized carbons (Fsp3) is 0.286. The molecule has 2 aromatic carbocycles. The Bertz CT molecular complexity index is 806. The highest BCUT2D eigenvalue weighted by Crippen LogP contribution is 2.18. The van der Waals surface area contributed by atoms with Crippen molar-refractivity contribution < 1.29 is 28.6 Å². The molecule has 0 aliphatic carbocycles. The fourth-order valence-corrected chi connectivity index (χ4v) is 2.58. The molecule has 2 aromatic rings. The monoisotopic (exact) mass is 385 g/mol. The van der Waals surface area contributed by atoms with E-state index in [0.717, 1.165) is 0 Å². The first-order valence-electron chi connectivity index (χ1n) is 8.76. The molecule has 1 amide bonds. The number of esters is 1. The van der Waals surface area contributed by atoms with Gasteiger partial charge in [0.2, 0.25) is 0 Å². The van der Waals surface area contributed by atoms with E-state index in [2.05, 4.69) is 5.32 Å². The van der Waals surface area contributed by atoms with Crippen LogP contribution in [0.25, 0.3) is 0 Å². The molecule has 1 atom stereocenters. The zero-order valence-corrected chi connectivity index (χ0v) is 15.8. The van der Waals surface area contributed by atoms with Crippen LogP contribution < -0.4 is 10.1 Å². The van der Waals surface area contributed by atoms with E-state index in [-0.39, 0.29) is 25.2 Å². The van der Waals surface area contributed by atoms with Crippen molar-refractivity contribution in [2.75, 3.05) is 14.2 Å². The number of ether oxygens (including phenoxy) is 3. The minimum atomic E-state index is -0.983. The average molecular weight is 385 g/mol. The topological polar surface area (TPSA) is 90.9 Å². The number of hydrogen-bond donors (Lipinski definition) is 1. The normalized spacial score (nSPS) is 11.2. The lowest BCUT2D eigenvalue weighted by Gasteiger charge is -2.16. The summed E-state index contributed by atoms with van der Waals surface area (Å²) in [5.74, 6) is -0.179. The molecule has 0 heterocycles. The molecule has 0 saturated carbocycles. The molecular weight excluding hydrogens is 362 g/mol. The second kappa shape index (κ2) is 10.7. The smallest absolute Gasteiger partial charge is 0.408 e. The molecule has 0 aliphatic rings. The third-order valence-corrected chi connectivity index (χ3v) is 4.08. The first-order chi connectivity index (χ1) is 13.5. The highest BCUT2D eigenvalue weighted by molar-refractivity contribution is 5.96. The van der Waals surface area contributed by atoms with Crippen molar-refractivity contribution in [2.45, 2.75) is 25.5 Å². The van der Waals surface area contributed by atoms with Gasteiger partial charge in [0.15, 0.2) is 5.78 Å². The van der Waals surface area contributed by atoms with Gasteiger partial charge in [-0.05, 0) is 12.5 Å². The van der Waals surface area contributed by atoms with Crippen molar-refractivity contribution in [1.82, 2.24) is 5.32 Å². The molecule has 0 fully saturated rings. The van der Waals surface area contributed by atoms with E-state index in [1.807, 2.05) is 6.07 Å². The number of carbonyl (C=O) groups excluding carboxylic acids is 3. The summed E-state index contributed by atoms with van der Waals surface area (Å²) in [6.07, 6.45) is -0.603. The number of amides is 1. The molecule has 0 saturated heterocycles. The maximum atomic E-state index is 12.2. The molecule has 28 heavy (non-hydrogen) atoms. The summed E-state index contributed by atoms with van der Waals surface area (Å²) >= 11 is 0. The maximum absolute atomic E-state index is 12.2. The highest BCUT2D eigenvalue weighted by atomic mass is 16.6. The molecule has 0 radical (unpaired) electrons. The number of Topliss-reactive ketones (excluding diaryl/α,β-unsaturated/α-hetero) is 1. The molecule has 1 N–H and O–H groups in total. The Morgan fingerprint density at radius 2 is 1.64 bits per heavy atom. The number of alkyl carbamates (subject to hydrolysis) is 1. The van der Waals surface area contributed by atoms with E-state index in [1.54, 1.807) is 48.5 Å². The molecule has 7 nitrogen and oxygen atoms in total. The van der Waals surface area contributed by atoms with Gasteiger partial charge in [0.1, 0.15) is 18.4 Å². The maximum Gasteiger partial charge on any atom is 0.408 e. The van der Waals surface area contributed by atoms with Gasteiger partial charge in [0, 0.05) is 17.5 Å². The van der Waals surface area contributed by atoms with Gasteiger partial charge < -0.3 is 19.5 Å². The van der Waals surface area contributed by atoms with Crippen molar-refractivity contribution in [3.63, 3.8) is 0 Å². The summed E-state index contributed by atoms with van der Waals surface area (Å²) in [4.78, 5) is 36.3. The van der Waals surface area contributed by atoms with Crippen LogP contribution in [-0.4, -0.2) is 38.1 Å². The Morgan fingerprint density at radius 1 is 0.964 bits per heavy atom. The molecule has 2 rings (SSSR count). The average Bonchev–Trinajstić information content (AvgIpc) is 2.75. The van der Waals surface area contributed by atoms with Crippen LogP contribution in [0.4, 0.5) is 4.79 Å². The van der Waals surface area contributed by atoms with Crippen LogP contribution >= 0.6 is 0 Å². The van der Waals surface area contributed by atoms with E-state index in [1.165, 1.54) is 14.2 Å². The molecular formula is C21H23NO6. The highest BCUT2D eigenvalue weighted by Gasteiger charge is 2.23. The van der Waals surface area contributed by atoms with Crippen molar-refractivity contribution in [2.24, 2.45) is 0 Å². The van der Waals surface area contributed by atoms with Crippen molar-refractivity contribution in [3.05, 3.63) is 65.7 Å². The number of hydrogen-bond acceptors (Lipinski definition) is 6. The summed E-state index contributed by atoms with van der Waals surface area (Å²) in [7, 11) is 2.74. The fourth-order valence-electron chi connectivity index (χ4n) is 2.58. The van der Waals surface area contributed by atoms with Crippen LogP contribution in [-0.2, 0) is 20.9 Å². The van der Waals surface area contributed by atoms with E-state index in [4.69, 9.17) is 14.2 Å². The van der Waals surface area contributed by atoms with E-state index in [9.17, 15) is 14.4 Å². The molecule has 7 heteroatoms. The lowest BCUT2D eigenvalue weighted by Crippen LogP contribution is -2.42. The molecule has 0 aliphatic heterocycles. The van der Waals surface area contributed by atoms with E-state index in [0.29, 0.717) is 16.9 Å². The minimum Gasteiger partial charge on any atom is -0.496 e.